The first kappa shape index (κ1) is 19.4. The van der Waals surface area contributed by atoms with Gasteiger partial charge in [-0.2, -0.15) is 4.31 Å². The van der Waals surface area contributed by atoms with Crippen molar-refractivity contribution in [2.24, 2.45) is 0 Å². The molecule has 2 aromatic rings. The minimum atomic E-state index is -3.76. The van der Waals surface area contributed by atoms with Gasteiger partial charge in [0.05, 0.1) is 16.5 Å². The molecule has 0 aliphatic carbocycles. The molecule has 0 spiro atoms. The standard InChI is InChI=1S/C16H16Cl2N2O4S2/c1-24-13-5-4-10(9-11(13)17)19-16(21)12-3-2-8-20(12)26(22,23)15-7-6-14(18)25-15/h4-7,9,12H,2-3,8H2,1H3,(H,19,21). The van der Waals surface area contributed by atoms with Gasteiger partial charge in [-0.3, -0.25) is 4.79 Å². The van der Waals surface area contributed by atoms with Gasteiger partial charge >= 0.3 is 0 Å². The van der Waals surface area contributed by atoms with Crippen LogP contribution in [0.25, 0.3) is 0 Å². The van der Waals surface area contributed by atoms with Gasteiger partial charge in [-0.25, -0.2) is 8.42 Å². The van der Waals surface area contributed by atoms with E-state index in [1.165, 1.54) is 23.5 Å². The zero-order valence-corrected chi connectivity index (χ0v) is 16.9. The Kier molecular flexibility index (Phi) is 5.78. The number of hydrogen-bond acceptors (Lipinski definition) is 5. The monoisotopic (exact) mass is 434 g/mol. The molecule has 26 heavy (non-hydrogen) atoms. The Labute approximate surface area is 165 Å². The molecule has 0 radical (unpaired) electrons. The van der Waals surface area contributed by atoms with Crippen molar-refractivity contribution < 1.29 is 17.9 Å². The Balaban J connectivity index is 1.79. The molecular weight excluding hydrogens is 419 g/mol. The highest BCUT2D eigenvalue weighted by molar-refractivity contribution is 7.91. The average Bonchev–Trinajstić information content (AvgIpc) is 3.24. The summed E-state index contributed by atoms with van der Waals surface area (Å²) in [7, 11) is -2.27. The number of carbonyl (C=O) groups excluding carboxylic acids is 1. The normalized spacial score (nSPS) is 18.0. The van der Waals surface area contributed by atoms with Crippen LogP contribution in [0, 0.1) is 0 Å². The SMILES string of the molecule is COc1ccc(NC(=O)C2CCCN2S(=O)(=O)c2ccc(Cl)s2)cc1Cl. The summed E-state index contributed by atoms with van der Waals surface area (Å²) in [5.74, 6) is 0.0965. The summed E-state index contributed by atoms with van der Waals surface area (Å²) >= 11 is 12.9. The lowest BCUT2D eigenvalue weighted by Crippen LogP contribution is -2.42. The molecule has 1 saturated heterocycles. The number of hydrogen-bond donors (Lipinski definition) is 1. The predicted molar refractivity (Wildman–Crippen MR) is 103 cm³/mol. The van der Waals surface area contributed by atoms with Gasteiger partial charge in [-0.05, 0) is 43.2 Å². The Morgan fingerprint density at radius 2 is 2.08 bits per heavy atom. The number of anilines is 1. The minimum absolute atomic E-state index is 0.134. The van der Waals surface area contributed by atoms with E-state index in [1.807, 2.05) is 0 Å². The maximum absolute atomic E-state index is 12.8. The topological polar surface area (TPSA) is 75.7 Å². The van der Waals surface area contributed by atoms with Gasteiger partial charge in [0.15, 0.2) is 0 Å². The summed E-state index contributed by atoms with van der Waals surface area (Å²) in [6, 6.07) is 7.05. The molecule has 0 saturated carbocycles. The predicted octanol–water partition coefficient (Wildman–Crippen LogP) is 3.86. The number of nitrogens with zero attached hydrogens (tertiary/aromatic N) is 1. The summed E-state index contributed by atoms with van der Waals surface area (Å²) in [5, 5.41) is 3.08. The molecule has 1 amide bonds. The van der Waals surface area contributed by atoms with E-state index in [4.69, 9.17) is 27.9 Å². The summed E-state index contributed by atoms with van der Waals surface area (Å²) in [4.78, 5) is 12.7. The molecule has 1 fully saturated rings. The van der Waals surface area contributed by atoms with Crippen LogP contribution in [0.1, 0.15) is 12.8 Å². The van der Waals surface area contributed by atoms with Crippen molar-refractivity contribution in [1.29, 1.82) is 0 Å². The van der Waals surface area contributed by atoms with Crippen molar-refractivity contribution in [3.05, 3.63) is 39.7 Å². The van der Waals surface area contributed by atoms with Gasteiger partial charge < -0.3 is 10.1 Å². The van der Waals surface area contributed by atoms with Crippen LogP contribution in [0.15, 0.2) is 34.5 Å². The third kappa shape index (κ3) is 3.84. The van der Waals surface area contributed by atoms with Crippen LogP contribution in [0.3, 0.4) is 0 Å². The molecule has 1 aromatic heterocycles. The molecule has 1 aliphatic heterocycles. The number of nitrogens with one attached hydrogen (secondary N) is 1. The number of rotatable bonds is 5. The molecule has 3 rings (SSSR count). The number of halogens is 2. The zero-order chi connectivity index (χ0) is 18.9. The lowest BCUT2D eigenvalue weighted by molar-refractivity contribution is -0.119. The van der Waals surface area contributed by atoms with Crippen molar-refractivity contribution in [2.75, 3.05) is 19.0 Å². The number of methoxy groups -OCH3 is 1. The highest BCUT2D eigenvalue weighted by Crippen LogP contribution is 2.33. The first-order valence-corrected chi connectivity index (χ1v) is 10.8. The van der Waals surface area contributed by atoms with Gasteiger partial charge in [0.2, 0.25) is 5.91 Å². The molecular formula is C16H16Cl2N2O4S2. The quantitative estimate of drug-likeness (QED) is 0.774. The number of thiophene rings is 1. The fourth-order valence-corrected chi connectivity index (χ4v) is 6.34. The molecule has 1 aromatic carbocycles. The number of carbonyl (C=O) groups is 1. The number of ether oxygens (including phenoxy) is 1. The maximum atomic E-state index is 12.8. The Morgan fingerprint density at radius 3 is 2.69 bits per heavy atom. The molecule has 2 heterocycles. The maximum Gasteiger partial charge on any atom is 0.253 e. The third-order valence-electron chi connectivity index (χ3n) is 4.04. The smallest absolute Gasteiger partial charge is 0.253 e. The van der Waals surface area contributed by atoms with E-state index >= 15 is 0 Å². The van der Waals surface area contributed by atoms with Crippen molar-refractivity contribution in [2.45, 2.75) is 23.1 Å². The number of amides is 1. The minimum Gasteiger partial charge on any atom is -0.495 e. The first-order chi connectivity index (χ1) is 12.3. The highest BCUT2D eigenvalue weighted by atomic mass is 35.5. The van der Waals surface area contributed by atoms with E-state index in [-0.39, 0.29) is 4.21 Å². The van der Waals surface area contributed by atoms with Crippen LogP contribution < -0.4 is 10.1 Å². The summed E-state index contributed by atoms with van der Waals surface area (Å²) in [6.07, 6.45) is 1.06. The molecule has 140 valence electrons. The van der Waals surface area contributed by atoms with Crippen molar-refractivity contribution in [3.8, 4) is 5.75 Å². The van der Waals surface area contributed by atoms with Crippen molar-refractivity contribution >= 4 is 56.2 Å². The second-order valence-electron chi connectivity index (χ2n) is 5.67. The highest BCUT2D eigenvalue weighted by Gasteiger charge is 2.40. The van der Waals surface area contributed by atoms with E-state index in [0.717, 1.165) is 11.3 Å². The number of sulfonamides is 1. The second-order valence-corrected chi connectivity index (χ2v) is 9.91. The van der Waals surface area contributed by atoms with Gasteiger partial charge in [0.25, 0.3) is 10.0 Å². The third-order valence-corrected chi connectivity index (χ3v) is 7.94. The van der Waals surface area contributed by atoms with Crippen LogP contribution in [0.2, 0.25) is 9.36 Å². The molecule has 10 heteroatoms. The van der Waals surface area contributed by atoms with Gasteiger partial charge in [-0.1, -0.05) is 23.2 Å². The zero-order valence-electron chi connectivity index (χ0n) is 13.7. The van der Waals surface area contributed by atoms with E-state index in [9.17, 15) is 13.2 Å². The summed E-state index contributed by atoms with van der Waals surface area (Å²) < 4.78 is 32.5. The first-order valence-electron chi connectivity index (χ1n) is 7.74. The molecule has 6 nitrogen and oxygen atoms in total. The van der Waals surface area contributed by atoms with Crippen LogP contribution in [0.5, 0.6) is 5.75 Å². The van der Waals surface area contributed by atoms with E-state index in [0.29, 0.717) is 40.2 Å². The van der Waals surface area contributed by atoms with Gasteiger partial charge in [0.1, 0.15) is 16.0 Å². The van der Waals surface area contributed by atoms with Crippen LogP contribution in [-0.4, -0.2) is 38.3 Å². The fourth-order valence-electron chi connectivity index (χ4n) is 2.81. The summed E-state index contributed by atoms with van der Waals surface area (Å²) in [5.41, 5.74) is 0.476. The van der Waals surface area contributed by atoms with Crippen LogP contribution in [-0.2, 0) is 14.8 Å². The molecule has 1 unspecified atom stereocenters. The van der Waals surface area contributed by atoms with E-state index in [1.54, 1.807) is 18.2 Å². The largest absolute Gasteiger partial charge is 0.495 e. The Hall–Kier alpha value is -1.32. The van der Waals surface area contributed by atoms with Gasteiger partial charge in [-0.15, -0.1) is 11.3 Å². The average molecular weight is 435 g/mol. The molecule has 1 N–H and O–H groups in total. The van der Waals surface area contributed by atoms with Crippen LogP contribution >= 0.6 is 34.5 Å². The van der Waals surface area contributed by atoms with Gasteiger partial charge in [0, 0.05) is 12.2 Å². The summed E-state index contributed by atoms with van der Waals surface area (Å²) in [6.45, 7) is 0.291. The second kappa shape index (κ2) is 7.74. The van der Waals surface area contributed by atoms with Crippen molar-refractivity contribution in [3.63, 3.8) is 0 Å². The fraction of sp³-hybridized carbons (Fsp3) is 0.312. The van der Waals surface area contributed by atoms with Crippen molar-refractivity contribution in [1.82, 2.24) is 4.31 Å². The van der Waals surface area contributed by atoms with E-state index < -0.39 is 22.0 Å². The lowest BCUT2D eigenvalue weighted by Gasteiger charge is -2.22. The molecule has 1 atom stereocenters. The van der Waals surface area contributed by atoms with E-state index in [2.05, 4.69) is 5.32 Å². The lowest BCUT2D eigenvalue weighted by atomic mass is 10.2. The van der Waals surface area contributed by atoms with Crippen LogP contribution in [0.4, 0.5) is 5.69 Å². The molecule has 1 aliphatic rings. The molecule has 0 bridgehead atoms. The Bertz CT molecular complexity index is 930. The Morgan fingerprint density at radius 1 is 1.31 bits per heavy atom. The number of benzene rings is 1.